The standard InChI is InChI=1S/C12H22N2O3/c1-3-13-11(15)6-8-14-7-4-5-10(9-14)12(16)17-2/h10H,3-9H2,1-2H3,(H,13,15)/t10-/m0/s1. The third-order valence-electron chi connectivity index (χ3n) is 3.07. The number of hydrogen-bond acceptors (Lipinski definition) is 4. The molecule has 0 radical (unpaired) electrons. The van der Waals surface area contributed by atoms with E-state index >= 15 is 0 Å². The van der Waals surface area contributed by atoms with Gasteiger partial charge in [-0.25, -0.2) is 0 Å². The van der Waals surface area contributed by atoms with Gasteiger partial charge in [-0.15, -0.1) is 0 Å². The van der Waals surface area contributed by atoms with Crippen molar-refractivity contribution in [3.8, 4) is 0 Å². The Hall–Kier alpha value is -1.10. The fourth-order valence-corrected chi connectivity index (χ4v) is 2.16. The van der Waals surface area contributed by atoms with Crippen LogP contribution in [0.3, 0.4) is 0 Å². The highest BCUT2D eigenvalue weighted by Gasteiger charge is 2.26. The van der Waals surface area contributed by atoms with E-state index in [-0.39, 0.29) is 17.8 Å². The second-order valence-corrected chi connectivity index (χ2v) is 4.37. The molecule has 5 nitrogen and oxygen atoms in total. The summed E-state index contributed by atoms with van der Waals surface area (Å²) in [7, 11) is 1.43. The fraction of sp³-hybridized carbons (Fsp3) is 0.833. The van der Waals surface area contributed by atoms with Crippen LogP contribution in [0.25, 0.3) is 0 Å². The lowest BCUT2D eigenvalue weighted by atomic mass is 9.98. The maximum atomic E-state index is 11.4. The van der Waals surface area contributed by atoms with E-state index in [1.807, 2.05) is 6.92 Å². The highest BCUT2D eigenvalue weighted by molar-refractivity contribution is 5.76. The van der Waals surface area contributed by atoms with Crippen molar-refractivity contribution in [3.05, 3.63) is 0 Å². The van der Waals surface area contributed by atoms with Crippen LogP contribution in [0.1, 0.15) is 26.2 Å². The SMILES string of the molecule is CCNC(=O)CCN1CCC[C@H](C(=O)OC)C1. The summed E-state index contributed by atoms with van der Waals surface area (Å²) < 4.78 is 4.76. The average molecular weight is 242 g/mol. The molecule has 0 spiro atoms. The molecule has 1 saturated heterocycles. The van der Waals surface area contributed by atoms with Crippen molar-refractivity contribution in [1.82, 2.24) is 10.2 Å². The van der Waals surface area contributed by atoms with E-state index in [1.54, 1.807) is 0 Å². The topological polar surface area (TPSA) is 58.6 Å². The zero-order valence-corrected chi connectivity index (χ0v) is 10.7. The minimum atomic E-state index is -0.132. The molecule has 0 bridgehead atoms. The molecule has 0 saturated carbocycles. The van der Waals surface area contributed by atoms with Gasteiger partial charge in [-0.05, 0) is 26.3 Å². The summed E-state index contributed by atoms with van der Waals surface area (Å²) in [4.78, 5) is 24.9. The lowest BCUT2D eigenvalue weighted by molar-refractivity contribution is -0.147. The molecule has 0 aromatic carbocycles. The minimum Gasteiger partial charge on any atom is -0.469 e. The molecule has 0 unspecified atom stereocenters. The van der Waals surface area contributed by atoms with Crippen LogP contribution < -0.4 is 5.32 Å². The zero-order valence-electron chi connectivity index (χ0n) is 10.7. The zero-order chi connectivity index (χ0) is 12.7. The molecular weight excluding hydrogens is 220 g/mol. The van der Waals surface area contributed by atoms with Gasteiger partial charge in [-0.3, -0.25) is 9.59 Å². The van der Waals surface area contributed by atoms with Crippen molar-refractivity contribution < 1.29 is 14.3 Å². The van der Waals surface area contributed by atoms with Crippen LogP contribution in [0, 0.1) is 5.92 Å². The van der Waals surface area contributed by atoms with Gasteiger partial charge in [0, 0.05) is 26.1 Å². The number of carbonyl (C=O) groups is 2. The Bertz CT molecular complexity index is 268. The number of carbonyl (C=O) groups excluding carboxylic acids is 2. The second-order valence-electron chi connectivity index (χ2n) is 4.37. The van der Waals surface area contributed by atoms with Crippen LogP contribution in [0.15, 0.2) is 0 Å². The smallest absolute Gasteiger partial charge is 0.309 e. The summed E-state index contributed by atoms with van der Waals surface area (Å²) in [6.07, 6.45) is 2.39. The second kappa shape index (κ2) is 7.27. The Morgan fingerprint density at radius 3 is 2.88 bits per heavy atom. The van der Waals surface area contributed by atoms with Gasteiger partial charge in [0.05, 0.1) is 13.0 Å². The average Bonchev–Trinajstić information content (AvgIpc) is 2.36. The molecule has 1 amide bonds. The number of nitrogens with one attached hydrogen (secondary N) is 1. The number of likely N-dealkylation sites (tertiary alicyclic amines) is 1. The van der Waals surface area contributed by atoms with E-state index in [1.165, 1.54) is 7.11 Å². The molecular formula is C12H22N2O3. The number of amides is 1. The summed E-state index contributed by atoms with van der Waals surface area (Å²) in [5, 5.41) is 2.77. The van der Waals surface area contributed by atoms with Crippen LogP contribution in [-0.4, -0.2) is 50.1 Å². The lowest BCUT2D eigenvalue weighted by Crippen LogP contribution is -2.40. The summed E-state index contributed by atoms with van der Waals surface area (Å²) in [5.41, 5.74) is 0. The molecule has 1 N–H and O–H groups in total. The van der Waals surface area contributed by atoms with Crippen molar-refractivity contribution in [2.75, 3.05) is 33.3 Å². The van der Waals surface area contributed by atoms with E-state index < -0.39 is 0 Å². The predicted molar refractivity (Wildman–Crippen MR) is 64.5 cm³/mol. The normalized spacial score (nSPS) is 20.9. The maximum absolute atomic E-state index is 11.4. The molecule has 1 rings (SSSR count). The van der Waals surface area contributed by atoms with Crippen LogP contribution in [0.2, 0.25) is 0 Å². The van der Waals surface area contributed by atoms with Crippen molar-refractivity contribution in [2.24, 2.45) is 5.92 Å². The van der Waals surface area contributed by atoms with Crippen LogP contribution >= 0.6 is 0 Å². The highest BCUT2D eigenvalue weighted by Crippen LogP contribution is 2.17. The van der Waals surface area contributed by atoms with E-state index in [9.17, 15) is 9.59 Å². The molecule has 1 atom stereocenters. The van der Waals surface area contributed by atoms with Gasteiger partial charge in [0.25, 0.3) is 0 Å². The summed E-state index contributed by atoms with van der Waals surface area (Å²) in [6, 6.07) is 0. The Balaban J connectivity index is 2.29. The monoisotopic (exact) mass is 242 g/mol. The summed E-state index contributed by atoms with van der Waals surface area (Å²) in [6.45, 7) is 4.98. The number of hydrogen-bond donors (Lipinski definition) is 1. The number of nitrogens with zero attached hydrogens (tertiary/aromatic N) is 1. The van der Waals surface area contributed by atoms with Gasteiger partial charge in [0.1, 0.15) is 0 Å². The van der Waals surface area contributed by atoms with Crippen molar-refractivity contribution in [1.29, 1.82) is 0 Å². The third kappa shape index (κ3) is 4.73. The number of esters is 1. The molecule has 0 aliphatic carbocycles. The van der Waals surface area contributed by atoms with Gasteiger partial charge in [-0.1, -0.05) is 0 Å². The third-order valence-corrected chi connectivity index (χ3v) is 3.07. The molecule has 98 valence electrons. The minimum absolute atomic E-state index is 0.0250. The highest BCUT2D eigenvalue weighted by atomic mass is 16.5. The van der Waals surface area contributed by atoms with E-state index in [0.717, 1.165) is 25.9 Å². The molecule has 1 aliphatic rings. The molecule has 1 heterocycles. The fourth-order valence-electron chi connectivity index (χ4n) is 2.16. The van der Waals surface area contributed by atoms with Gasteiger partial charge < -0.3 is 15.0 Å². The van der Waals surface area contributed by atoms with Crippen molar-refractivity contribution in [2.45, 2.75) is 26.2 Å². The largest absolute Gasteiger partial charge is 0.469 e. The van der Waals surface area contributed by atoms with Crippen molar-refractivity contribution >= 4 is 11.9 Å². The van der Waals surface area contributed by atoms with E-state index in [2.05, 4.69) is 10.2 Å². The number of rotatable bonds is 5. The van der Waals surface area contributed by atoms with Crippen molar-refractivity contribution in [3.63, 3.8) is 0 Å². The first-order valence-electron chi connectivity index (χ1n) is 6.24. The van der Waals surface area contributed by atoms with Crippen LogP contribution in [0.5, 0.6) is 0 Å². The van der Waals surface area contributed by atoms with E-state index in [0.29, 0.717) is 19.5 Å². The first kappa shape index (κ1) is 14.0. The molecule has 5 heteroatoms. The molecule has 0 aromatic heterocycles. The Morgan fingerprint density at radius 2 is 2.24 bits per heavy atom. The van der Waals surface area contributed by atoms with E-state index in [4.69, 9.17) is 4.74 Å². The first-order chi connectivity index (χ1) is 8.17. The van der Waals surface area contributed by atoms with Gasteiger partial charge in [-0.2, -0.15) is 0 Å². The number of ether oxygens (including phenoxy) is 1. The molecule has 1 fully saturated rings. The van der Waals surface area contributed by atoms with Gasteiger partial charge >= 0.3 is 5.97 Å². The summed E-state index contributed by atoms with van der Waals surface area (Å²) in [5.74, 6) is -0.0802. The van der Waals surface area contributed by atoms with Gasteiger partial charge in [0.15, 0.2) is 0 Å². The number of piperidine rings is 1. The Labute approximate surface area is 102 Å². The molecule has 17 heavy (non-hydrogen) atoms. The van der Waals surface area contributed by atoms with Crippen LogP contribution in [0.4, 0.5) is 0 Å². The summed E-state index contributed by atoms with van der Waals surface area (Å²) >= 11 is 0. The maximum Gasteiger partial charge on any atom is 0.309 e. The lowest BCUT2D eigenvalue weighted by Gasteiger charge is -2.30. The quantitative estimate of drug-likeness (QED) is 0.709. The molecule has 0 aromatic rings. The van der Waals surface area contributed by atoms with Gasteiger partial charge in [0.2, 0.25) is 5.91 Å². The Kier molecular flexibility index (Phi) is 5.97. The van der Waals surface area contributed by atoms with Crippen LogP contribution in [-0.2, 0) is 14.3 Å². The Morgan fingerprint density at radius 1 is 1.47 bits per heavy atom. The predicted octanol–water partition coefficient (Wildman–Crippen LogP) is 0.398. The number of methoxy groups -OCH3 is 1. The molecule has 1 aliphatic heterocycles. The first-order valence-corrected chi connectivity index (χ1v) is 6.24.